The van der Waals surface area contributed by atoms with Crippen molar-refractivity contribution in [1.29, 1.82) is 0 Å². The quantitative estimate of drug-likeness (QED) is 0.189. The van der Waals surface area contributed by atoms with Gasteiger partial charge in [-0.2, -0.15) is 0 Å². The normalized spacial score (nSPS) is 12.7. The van der Waals surface area contributed by atoms with Crippen molar-refractivity contribution in [2.75, 3.05) is 0 Å². The number of hydrogen-bond donors (Lipinski definition) is 2. The topological polar surface area (TPSA) is 49.7 Å². The molecular weight excluding hydrogens is 601 g/mol. The van der Waals surface area contributed by atoms with E-state index in [4.69, 9.17) is 4.74 Å². The van der Waals surface area contributed by atoms with Gasteiger partial charge in [-0.1, -0.05) is 91.8 Å². The first-order chi connectivity index (χ1) is 23.4. The van der Waals surface area contributed by atoms with Crippen molar-refractivity contribution in [2.45, 2.75) is 79.1 Å². The molecule has 1 aliphatic heterocycles. The lowest BCUT2D eigenvalue weighted by atomic mass is 9.84. The van der Waals surface area contributed by atoms with Crippen LogP contribution < -0.4 is 4.74 Å². The average molecular weight is 647 g/mol. The van der Waals surface area contributed by atoms with Crippen LogP contribution in [-0.2, 0) is 0 Å². The van der Waals surface area contributed by atoms with E-state index in [2.05, 4.69) is 128 Å². The zero-order valence-corrected chi connectivity index (χ0v) is 29.8. The van der Waals surface area contributed by atoms with E-state index in [9.17, 15) is 10.2 Å². The monoisotopic (exact) mass is 646 g/mol. The Balaban J connectivity index is 1.31. The van der Waals surface area contributed by atoms with E-state index in [1.54, 1.807) is 0 Å². The summed E-state index contributed by atoms with van der Waals surface area (Å²) in [5.74, 6) is 3.45. The highest BCUT2D eigenvalue weighted by Gasteiger charge is 2.21. The number of phenols is 2. The Labute approximate surface area is 290 Å². The van der Waals surface area contributed by atoms with Gasteiger partial charge in [0.2, 0.25) is 0 Å². The average Bonchev–Trinajstić information content (AvgIpc) is 3.22. The second kappa shape index (κ2) is 12.5. The van der Waals surface area contributed by atoms with Gasteiger partial charge < -0.3 is 14.9 Å². The van der Waals surface area contributed by atoms with Crippen LogP contribution in [0.3, 0.4) is 0 Å². The Morgan fingerprint density at radius 1 is 0.408 bits per heavy atom. The molecule has 0 saturated heterocycles. The minimum absolute atomic E-state index is 0.277. The molecule has 7 rings (SSSR count). The summed E-state index contributed by atoms with van der Waals surface area (Å²) >= 11 is 0. The molecule has 49 heavy (non-hydrogen) atoms. The van der Waals surface area contributed by atoms with Crippen LogP contribution in [0.15, 0.2) is 84.9 Å². The van der Waals surface area contributed by atoms with Crippen LogP contribution in [0.5, 0.6) is 23.0 Å². The first-order valence-electron chi connectivity index (χ1n) is 17.6. The van der Waals surface area contributed by atoms with Crippen molar-refractivity contribution in [3.63, 3.8) is 0 Å². The SMILES string of the molecule is CC(C)c1cc(O)cc(C(C)C)c1-c1ccc2cc3c(cc2c1)C=Cc1cc2cc(-c4c(C(C)C)cc(O)cc4C(C)C)ccc2cc1O3. The highest BCUT2D eigenvalue weighted by atomic mass is 16.5. The molecule has 0 radical (unpaired) electrons. The minimum Gasteiger partial charge on any atom is -0.508 e. The van der Waals surface area contributed by atoms with E-state index in [1.807, 2.05) is 24.3 Å². The molecule has 3 heteroatoms. The lowest BCUT2D eigenvalue weighted by Crippen LogP contribution is -2.00. The predicted octanol–water partition coefficient (Wildman–Crippen LogP) is 13.5. The summed E-state index contributed by atoms with van der Waals surface area (Å²) in [7, 11) is 0. The molecule has 0 unspecified atom stereocenters. The first kappa shape index (κ1) is 32.5. The van der Waals surface area contributed by atoms with Crippen LogP contribution in [0, 0.1) is 0 Å². The highest BCUT2D eigenvalue weighted by molar-refractivity contribution is 5.96. The Kier molecular flexibility index (Phi) is 8.27. The molecule has 2 N–H and O–H groups in total. The van der Waals surface area contributed by atoms with Gasteiger partial charge >= 0.3 is 0 Å². The van der Waals surface area contributed by atoms with E-state index in [0.717, 1.165) is 66.4 Å². The van der Waals surface area contributed by atoms with Gasteiger partial charge in [-0.05, 0) is 150 Å². The van der Waals surface area contributed by atoms with Gasteiger partial charge in [-0.3, -0.25) is 0 Å². The Bertz CT molecular complexity index is 2060. The number of benzene rings is 6. The number of ether oxygens (including phenoxy) is 1. The fraction of sp³-hybridized carbons (Fsp3) is 0.261. The lowest BCUT2D eigenvalue weighted by Gasteiger charge is -2.21. The molecule has 1 heterocycles. The largest absolute Gasteiger partial charge is 0.508 e. The maximum atomic E-state index is 10.5. The molecule has 248 valence electrons. The number of phenolic OH excluding ortho intramolecular Hbond substituents is 2. The van der Waals surface area contributed by atoms with Crippen LogP contribution in [0.25, 0.3) is 56.0 Å². The summed E-state index contributed by atoms with van der Waals surface area (Å²) in [6, 6.07) is 29.8. The van der Waals surface area contributed by atoms with Crippen LogP contribution in [-0.4, -0.2) is 10.2 Å². The van der Waals surface area contributed by atoms with Crippen molar-refractivity contribution in [3.05, 3.63) is 118 Å². The number of fused-ring (bicyclic) bond motifs is 4. The molecule has 0 aliphatic carbocycles. The van der Waals surface area contributed by atoms with Crippen molar-refractivity contribution in [3.8, 4) is 45.3 Å². The van der Waals surface area contributed by atoms with Crippen LogP contribution in [0.2, 0.25) is 0 Å². The van der Waals surface area contributed by atoms with Crippen molar-refractivity contribution in [2.24, 2.45) is 0 Å². The van der Waals surface area contributed by atoms with Gasteiger partial charge in [0.05, 0.1) is 0 Å². The molecule has 6 aromatic carbocycles. The first-order valence-corrected chi connectivity index (χ1v) is 17.6. The van der Waals surface area contributed by atoms with Gasteiger partial charge in [-0.25, -0.2) is 0 Å². The van der Waals surface area contributed by atoms with Crippen molar-refractivity contribution < 1.29 is 14.9 Å². The summed E-state index contributed by atoms with van der Waals surface area (Å²) in [5, 5.41) is 25.6. The van der Waals surface area contributed by atoms with E-state index < -0.39 is 0 Å². The zero-order valence-electron chi connectivity index (χ0n) is 29.8. The lowest BCUT2D eigenvalue weighted by molar-refractivity contribution is 0.472. The third-order valence-electron chi connectivity index (χ3n) is 10.0. The maximum Gasteiger partial charge on any atom is 0.135 e. The molecule has 0 bridgehead atoms. The Morgan fingerprint density at radius 3 is 1.08 bits per heavy atom. The molecule has 0 spiro atoms. The maximum absolute atomic E-state index is 10.5. The van der Waals surface area contributed by atoms with Gasteiger partial charge in [0.15, 0.2) is 0 Å². The molecule has 1 aliphatic rings. The third-order valence-corrected chi connectivity index (χ3v) is 10.0. The summed E-state index contributed by atoms with van der Waals surface area (Å²) in [6.07, 6.45) is 4.33. The van der Waals surface area contributed by atoms with Crippen LogP contribution in [0.1, 0.15) is 112 Å². The molecule has 0 fully saturated rings. The summed E-state index contributed by atoms with van der Waals surface area (Å²) in [5.41, 5.74) is 11.5. The van der Waals surface area contributed by atoms with Gasteiger partial charge in [0.1, 0.15) is 23.0 Å². The smallest absolute Gasteiger partial charge is 0.135 e. The number of hydrogen-bond acceptors (Lipinski definition) is 3. The molecule has 3 nitrogen and oxygen atoms in total. The predicted molar refractivity (Wildman–Crippen MR) is 207 cm³/mol. The Hall–Kier alpha value is -5.02. The van der Waals surface area contributed by atoms with Gasteiger partial charge in [0, 0.05) is 11.1 Å². The summed E-state index contributed by atoms with van der Waals surface area (Å²) in [4.78, 5) is 0. The second-order valence-electron chi connectivity index (χ2n) is 15.0. The minimum atomic E-state index is 0.277. The van der Waals surface area contributed by atoms with Crippen molar-refractivity contribution >= 4 is 33.7 Å². The van der Waals surface area contributed by atoms with Crippen LogP contribution in [0.4, 0.5) is 0 Å². The summed E-state index contributed by atoms with van der Waals surface area (Å²) < 4.78 is 6.66. The van der Waals surface area contributed by atoms with Gasteiger partial charge in [-0.15, -0.1) is 0 Å². The fourth-order valence-corrected chi connectivity index (χ4v) is 7.47. The summed E-state index contributed by atoms with van der Waals surface area (Å²) in [6.45, 7) is 17.5. The van der Waals surface area contributed by atoms with E-state index in [-0.39, 0.29) is 23.7 Å². The fourth-order valence-electron chi connectivity index (χ4n) is 7.47. The molecule has 0 aromatic heterocycles. The number of rotatable bonds is 6. The molecule has 6 aromatic rings. The third kappa shape index (κ3) is 5.97. The van der Waals surface area contributed by atoms with E-state index in [1.165, 1.54) is 22.3 Å². The molecule has 0 amide bonds. The van der Waals surface area contributed by atoms with Crippen LogP contribution >= 0.6 is 0 Å². The zero-order chi connectivity index (χ0) is 34.7. The molecule has 0 saturated carbocycles. The van der Waals surface area contributed by atoms with E-state index >= 15 is 0 Å². The highest BCUT2D eigenvalue weighted by Crippen LogP contribution is 2.44. The molecular formula is C46H46O3. The molecule has 0 atom stereocenters. The second-order valence-corrected chi connectivity index (χ2v) is 15.0. The number of aromatic hydroxyl groups is 2. The van der Waals surface area contributed by atoms with Crippen molar-refractivity contribution in [1.82, 2.24) is 0 Å². The van der Waals surface area contributed by atoms with E-state index in [0.29, 0.717) is 11.5 Å². The standard InChI is InChI=1S/C46H46O3/c1-25(2)39-21-37(47)22-40(26(3)4)45(39)33-13-9-29-19-43-31(15-35(29)17-33)11-12-32-16-36-18-34(14-10-30(36)20-44(32)49-43)46-41(27(5)6)23-38(48)24-42(46)28(7)8/h9-28,47-48H,1-8H3. The Morgan fingerprint density at radius 2 is 0.755 bits per heavy atom. The van der Waals surface area contributed by atoms with Gasteiger partial charge in [0.25, 0.3) is 0 Å².